The van der Waals surface area contributed by atoms with Gasteiger partial charge in [0.25, 0.3) is 0 Å². The number of likely N-dealkylation sites (tertiary alicyclic amines) is 1. The van der Waals surface area contributed by atoms with Crippen molar-refractivity contribution in [2.24, 2.45) is 0 Å². The van der Waals surface area contributed by atoms with Crippen molar-refractivity contribution >= 4 is 9.84 Å². The molecule has 3 nitrogen and oxygen atoms in total. The van der Waals surface area contributed by atoms with Gasteiger partial charge in [-0.25, -0.2) is 8.42 Å². The Labute approximate surface area is 68.3 Å². The lowest BCUT2D eigenvalue weighted by atomic mass is 10.1. The highest BCUT2D eigenvalue weighted by Crippen LogP contribution is 2.15. The Bertz CT molecular complexity index is 215. The fourth-order valence-corrected chi connectivity index (χ4v) is 2.48. The van der Waals surface area contributed by atoms with Crippen LogP contribution in [0.2, 0.25) is 0 Å². The van der Waals surface area contributed by atoms with E-state index in [4.69, 9.17) is 0 Å². The molecule has 0 atom stereocenters. The topological polar surface area (TPSA) is 37.4 Å². The van der Waals surface area contributed by atoms with E-state index >= 15 is 0 Å². The molecule has 0 aliphatic carbocycles. The number of hydrogen-bond acceptors (Lipinski definition) is 3. The minimum atomic E-state index is -2.78. The predicted molar refractivity (Wildman–Crippen MR) is 45.4 cm³/mol. The van der Waals surface area contributed by atoms with Crippen molar-refractivity contribution < 1.29 is 8.42 Å². The summed E-state index contributed by atoms with van der Waals surface area (Å²) in [5.41, 5.74) is 0. The zero-order valence-electron chi connectivity index (χ0n) is 7.08. The van der Waals surface area contributed by atoms with Gasteiger partial charge in [0, 0.05) is 6.26 Å². The molecule has 1 rings (SSSR count). The molecule has 0 N–H and O–H groups in total. The third kappa shape index (κ3) is 2.45. The second-order valence-corrected chi connectivity index (χ2v) is 5.66. The summed E-state index contributed by atoms with van der Waals surface area (Å²) < 4.78 is 22.1. The van der Waals surface area contributed by atoms with Crippen molar-refractivity contribution in [2.45, 2.75) is 18.1 Å². The lowest BCUT2D eigenvalue weighted by Crippen LogP contribution is -2.36. The molecule has 1 saturated heterocycles. The molecular formula is C7H15NO2S. The second-order valence-electron chi connectivity index (χ2n) is 3.33. The van der Waals surface area contributed by atoms with E-state index in [9.17, 15) is 8.42 Å². The van der Waals surface area contributed by atoms with Crippen LogP contribution in [0, 0.1) is 0 Å². The van der Waals surface area contributed by atoms with Crippen LogP contribution < -0.4 is 0 Å². The third-order valence-corrected chi connectivity index (χ3v) is 3.95. The molecule has 1 aliphatic heterocycles. The molecule has 0 aromatic carbocycles. The average Bonchev–Trinajstić information content (AvgIpc) is 1.86. The van der Waals surface area contributed by atoms with Crippen LogP contribution in [0.25, 0.3) is 0 Å². The van der Waals surface area contributed by atoms with E-state index in [0.717, 1.165) is 25.9 Å². The van der Waals surface area contributed by atoms with E-state index in [0.29, 0.717) is 0 Å². The fourth-order valence-electron chi connectivity index (χ4n) is 1.41. The van der Waals surface area contributed by atoms with Gasteiger partial charge in [0.2, 0.25) is 0 Å². The van der Waals surface area contributed by atoms with Gasteiger partial charge < -0.3 is 4.90 Å². The molecule has 0 aromatic heterocycles. The van der Waals surface area contributed by atoms with Gasteiger partial charge in [-0.05, 0) is 33.0 Å². The van der Waals surface area contributed by atoms with Gasteiger partial charge in [0.1, 0.15) is 9.84 Å². The molecule has 0 unspecified atom stereocenters. The summed E-state index contributed by atoms with van der Waals surface area (Å²) in [6.07, 6.45) is 2.94. The zero-order chi connectivity index (χ0) is 8.48. The molecule has 0 amide bonds. The van der Waals surface area contributed by atoms with Gasteiger partial charge in [-0.2, -0.15) is 0 Å². The first-order valence-electron chi connectivity index (χ1n) is 3.87. The molecule has 0 aromatic rings. The van der Waals surface area contributed by atoms with Gasteiger partial charge in [-0.1, -0.05) is 0 Å². The SMILES string of the molecule is CN1CCC(S(C)(=O)=O)CC1. The highest BCUT2D eigenvalue weighted by Gasteiger charge is 2.24. The van der Waals surface area contributed by atoms with Crippen molar-refractivity contribution in [2.75, 3.05) is 26.4 Å². The molecule has 1 heterocycles. The minimum Gasteiger partial charge on any atom is -0.306 e. The van der Waals surface area contributed by atoms with Crippen LogP contribution in [-0.2, 0) is 9.84 Å². The lowest BCUT2D eigenvalue weighted by Gasteiger charge is -2.27. The van der Waals surface area contributed by atoms with Crippen molar-refractivity contribution in [1.82, 2.24) is 4.90 Å². The Morgan fingerprint density at radius 3 is 2.09 bits per heavy atom. The summed E-state index contributed by atoms with van der Waals surface area (Å²) >= 11 is 0. The van der Waals surface area contributed by atoms with Crippen LogP contribution in [0.4, 0.5) is 0 Å². The maximum absolute atomic E-state index is 11.1. The zero-order valence-corrected chi connectivity index (χ0v) is 7.89. The first-order valence-corrected chi connectivity index (χ1v) is 5.83. The monoisotopic (exact) mass is 177 g/mol. The summed E-state index contributed by atoms with van der Waals surface area (Å²) in [5, 5.41) is -0.0845. The number of rotatable bonds is 1. The van der Waals surface area contributed by atoms with Gasteiger partial charge in [-0.15, -0.1) is 0 Å². The Kier molecular flexibility index (Phi) is 2.54. The van der Waals surface area contributed by atoms with E-state index in [1.165, 1.54) is 6.26 Å². The van der Waals surface area contributed by atoms with Gasteiger partial charge >= 0.3 is 0 Å². The first-order chi connectivity index (χ1) is 5.00. The number of nitrogens with zero attached hydrogens (tertiary/aromatic N) is 1. The van der Waals surface area contributed by atoms with E-state index in [1.807, 2.05) is 7.05 Å². The molecule has 1 fully saturated rings. The molecule has 1 aliphatic rings. The fraction of sp³-hybridized carbons (Fsp3) is 1.00. The van der Waals surface area contributed by atoms with Gasteiger partial charge in [-0.3, -0.25) is 0 Å². The second kappa shape index (κ2) is 3.11. The van der Waals surface area contributed by atoms with Crippen molar-refractivity contribution in [1.29, 1.82) is 0 Å². The molecule has 66 valence electrons. The Hall–Kier alpha value is -0.0900. The van der Waals surface area contributed by atoms with Crippen molar-refractivity contribution in [3.05, 3.63) is 0 Å². The number of hydrogen-bond donors (Lipinski definition) is 0. The minimum absolute atomic E-state index is 0.0845. The highest BCUT2D eigenvalue weighted by atomic mass is 32.2. The average molecular weight is 177 g/mol. The van der Waals surface area contributed by atoms with Crippen molar-refractivity contribution in [3.8, 4) is 0 Å². The normalized spacial score (nSPS) is 23.8. The summed E-state index contributed by atoms with van der Waals surface area (Å²) in [7, 11) is -0.750. The number of sulfone groups is 1. The van der Waals surface area contributed by atoms with Crippen LogP contribution in [0.1, 0.15) is 12.8 Å². The Morgan fingerprint density at radius 2 is 1.73 bits per heavy atom. The molecule has 0 radical (unpaired) electrons. The smallest absolute Gasteiger partial charge is 0.150 e. The van der Waals surface area contributed by atoms with E-state index in [1.54, 1.807) is 0 Å². The van der Waals surface area contributed by atoms with Gasteiger partial charge in [0.15, 0.2) is 0 Å². The Balaban J connectivity index is 2.53. The molecule has 11 heavy (non-hydrogen) atoms. The third-order valence-electron chi connectivity index (χ3n) is 2.27. The largest absolute Gasteiger partial charge is 0.306 e. The van der Waals surface area contributed by atoms with Crippen LogP contribution >= 0.6 is 0 Å². The van der Waals surface area contributed by atoms with E-state index < -0.39 is 9.84 Å². The Morgan fingerprint density at radius 1 is 1.27 bits per heavy atom. The maximum Gasteiger partial charge on any atom is 0.150 e. The lowest BCUT2D eigenvalue weighted by molar-refractivity contribution is 0.278. The van der Waals surface area contributed by atoms with Crippen molar-refractivity contribution in [3.63, 3.8) is 0 Å². The molecule has 0 saturated carbocycles. The van der Waals surface area contributed by atoms with E-state index in [-0.39, 0.29) is 5.25 Å². The summed E-state index contributed by atoms with van der Waals surface area (Å²) in [5.74, 6) is 0. The summed E-state index contributed by atoms with van der Waals surface area (Å²) in [6.45, 7) is 1.83. The molecular weight excluding hydrogens is 162 g/mol. The maximum atomic E-state index is 11.1. The van der Waals surface area contributed by atoms with Gasteiger partial charge in [0.05, 0.1) is 5.25 Å². The van der Waals surface area contributed by atoms with Crippen LogP contribution in [-0.4, -0.2) is 45.0 Å². The van der Waals surface area contributed by atoms with Crippen LogP contribution in [0.5, 0.6) is 0 Å². The molecule has 0 bridgehead atoms. The summed E-state index contributed by atoms with van der Waals surface area (Å²) in [4.78, 5) is 2.17. The number of piperidine rings is 1. The van der Waals surface area contributed by atoms with Crippen LogP contribution in [0.15, 0.2) is 0 Å². The molecule has 0 spiro atoms. The predicted octanol–water partition coefficient (Wildman–Crippen LogP) is 0.125. The van der Waals surface area contributed by atoms with Crippen LogP contribution in [0.3, 0.4) is 0 Å². The quantitative estimate of drug-likeness (QED) is 0.571. The molecule has 4 heteroatoms. The van der Waals surface area contributed by atoms with E-state index in [2.05, 4.69) is 4.90 Å². The standard InChI is InChI=1S/C7H15NO2S/c1-8-5-3-7(4-6-8)11(2,9)10/h7H,3-6H2,1-2H3. The first kappa shape index (κ1) is 9.00. The highest BCUT2D eigenvalue weighted by molar-refractivity contribution is 7.91. The summed E-state index contributed by atoms with van der Waals surface area (Å²) in [6, 6.07) is 0.